The third-order valence-electron chi connectivity index (χ3n) is 3.84. The number of unbranched alkanes of at least 4 members (excludes halogenated alkanes) is 12. The van der Waals surface area contributed by atoms with Crippen molar-refractivity contribution in [1.29, 1.82) is 0 Å². The molecule has 0 saturated heterocycles. The molecule has 0 aliphatic heterocycles. The highest BCUT2D eigenvalue weighted by Gasteiger charge is 1.95. The molecule has 0 rings (SSSR count). The molecule has 0 atom stereocenters. The Morgan fingerprint density at radius 3 is 1.73 bits per heavy atom. The lowest BCUT2D eigenvalue weighted by molar-refractivity contribution is -0.141. The second-order valence-corrected chi connectivity index (χ2v) is 6.04. The molecule has 0 fully saturated rings. The van der Waals surface area contributed by atoms with Crippen LogP contribution in [0.1, 0.15) is 90.4 Å². The number of carbonyl (C=O) groups is 1. The average molecular weight is 309 g/mol. The van der Waals surface area contributed by atoms with Gasteiger partial charge in [0.05, 0.1) is 6.61 Å². The Kier molecular flexibility index (Phi) is 17.1. The molecule has 0 aliphatic carbocycles. The van der Waals surface area contributed by atoms with E-state index in [-0.39, 0.29) is 5.97 Å². The largest absolute Gasteiger partial charge is 0.466 e. The van der Waals surface area contributed by atoms with E-state index < -0.39 is 0 Å². The van der Waals surface area contributed by atoms with Crippen LogP contribution < -0.4 is 0 Å². The summed E-state index contributed by atoms with van der Waals surface area (Å²) in [5, 5.41) is 0. The molecule has 0 radical (unpaired) electrons. The maximum absolute atomic E-state index is 10.6. The van der Waals surface area contributed by atoms with Gasteiger partial charge in [-0.05, 0) is 19.3 Å². The summed E-state index contributed by atoms with van der Waals surface area (Å²) in [6.07, 6.45) is 23.1. The van der Waals surface area contributed by atoms with Crippen LogP contribution in [0, 0.1) is 0 Å². The van der Waals surface area contributed by atoms with E-state index in [1.807, 2.05) is 12.2 Å². The number of carbonyl (C=O) groups excluding carboxylic acids is 1. The third kappa shape index (κ3) is 18.9. The summed E-state index contributed by atoms with van der Waals surface area (Å²) in [4.78, 5) is 10.6. The summed E-state index contributed by atoms with van der Waals surface area (Å²) >= 11 is 0. The van der Waals surface area contributed by atoms with Crippen LogP contribution in [-0.4, -0.2) is 12.6 Å². The first-order valence-corrected chi connectivity index (χ1v) is 9.18. The zero-order valence-corrected chi connectivity index (χ0v) is 14.7. The summed E-state index contributed by atoms with van der Waals surface area (Å²) in [7, 11) is 0. The summed E-state index contributed by atoms with van der Waals surface area (Å²) in [5.74, 6) is -0.159. The summed E-state index contributed by atoms with van der Waals surface area (Å²) in [6, 6.07) is 0. The van der Waals surface area contributed by atoms with Gasteiger partial charge in [-0.25, -0.2) is 0 Å². The van der Waals surface area contributed by atoms with Crippen LogP contribution >= 0.6 is 0 Å². The lowest BCUT2D eigenvalue weighted by atomic mass is 10.0. The summed E-state index contributed by atoms with van der Waals surface area (Å²) in [5.41, 5.74) is 0. The zero-order valence-electron chi connectivity index (χ0n) is 14.7. The molecule has 0 saturated carbocycles. The van der Waals surface area contributed by atoms with E-state index in [4.69, 9.17) is 4.74 Å². The zero-order chi connectivity index (χ0) is 16.3. The molecular formula is C20H36O2. The predicted molar refractivity (Wildman–Crippen MR) is 96.0 cm³/mol. The van der Waals surface area contributed by atoms with Crippen LogP contribution in [0.5, 0.6) is 0 Å². The third-order valence-corrected chi connectivity index (χ3v) is 3.84. The van der Waals surface area contributed by atoms with Gasteiger partial charge in [0.15, 0.2) is 0 Å². The Morgan fingerprint density at radius 1 is 0.818 bits per heavy atom. The van der Waals surface area contributed by atoms with Crippen molar-refractivity contribution in [3.8, 4) is 0 Å². The maximum atomic E-state index is 10.6. The molecular weight excluding hydrogens is 272 g/mol. The average Bonchev–Trinajstić information content (AvgIpc) is 2.50. The van der Waals surface area contributed by atoms with Gasteiger partial charge in [0, 0.05) is 6.92 Å². The smallest absolute Gasteiger partial charge is 0.302 e. The minimum Gasteiger partial charge on any atom is -0.466 e. The van der Waals surface area contributed by atoms with E-state index in [0.29, 0.717) is 6.61 Å². The lowest BCUT2D eigenvalue weighted by Gasteiger charge is -2.03. The predicted octanol–water partition coefficient (Wildman–Crippen LogP) is 6.36. The molecule has 0 spiro atoms. The number of rotatable bonds is 16. The molecule has 0 aliphatic rings. The molecule has 0 aromatic carbocycles. The molecule has 0 N–H and O–H groups in total. The second kappa shape index (κ2) is 18.0. The van der Waals surface area contributed by atoms with E-state index >= 15 is 0 Å². The Morgan fingerprint density at radius 2 is 1.27 bits per heavy atom. The van der Waals surface area contributed by atoms with Crippen molar-refractivity contribution in [2.24, 2.45) is 0 Å². The van der Waals surface area contributed by atoms with Crippen LogP contribution in [-0.2, 0) is 9.53 Å². The van der Waals surface area contributed by atoms with Crippen LogP contribution in [0.4, 0.5) is 0 Å². The van der Waals surface area contributed by atoms with Crippen LogP contribution in [0.25, 0.3) is 0 Å². The highest BCUT2D eigenvalue weighted by molar-refractivity contribution is 5.65. The van der Waals surface area contributed by atoms with Crippen molar-refractivity contribution in [3.05, 3.63) is 24.8 Å². The van der Waals surface area contributed by atoms with Gasteiger partial charge in [-0.2, -0.15) is 0 Å². The molecule has 0 bridgehead atoms. The summed E-state index contributed by atoms with van der Waals surface area (Å²) in [6.45, 7) is 5.74. The van der Waals surface area contributed by atoms with Gasteiger partial charge in [0.2, 0.25) is 0 Å². The monoisotopic (exact) mass is 308 g/mol. The number of hydrogen-bond donors (Lipinski definition) is 0. The topological polar surface area (TPSA) is 26.3 Å². The van der Waals surface area contributed by atoms with Crippen molar-refractivity contribution in [1.82, 2.24) is 0 Å². The van der Waals surface area contributed by atoms with Crippen molar-refractivity contribution < 1.29 is 9.53 Å². The molecule has 0 unspecified atom stereocenters. The van der Waals surface area contributed by atoms with Crippen molar-refractivity contribution in [3.63, 3.8) is 0 Å². The van der Waals surface area contributed by atoms with E-state index in [1.165, 1.54) is 84.0 Å². The first kappa shape index (κ1) is 20.9. The van der Waals surface area contributed by atoms with Crippen LogP contribution in [0.3, 0.4) is 0 Å². The fraction of sp³-hybridized carbons (Fsp3) is 0.750. The quantitative estimate of drug-likeness (QED) is 0.188. The molecule has 2 heteroatoms. The normalized spacial score (nSPS) is 11.0. The highest BCUT2D eigenvalue weighted by atomic mass is 16.5. The Balaban J connectivity index is 3.01. The van der Waals surface area contributed by atoms with Crippen molar-refractivity contribution >= 4 is 5.97 Å². The van der Waals surface area contributed by atoms with Crippen molar-refractivity contribution in [2.75, 3.05) is 6.61 Å². The van der Waals surface area contributed by atoms with Gasteiger partial charge in [0.1, 0.15) is 0 Å². The lowest BCUT2D eigenvalue weighted by Crippen LogP contribution is -2.00. The van der Waals surface area contributed by atoms with E-state index in [1.54, 1.807) is 0 Å². The molecule has 22 heavy (non-hydrogen) atoms. The minimum atomic E-state index is -0.159. The van der Waals surface area contributed by atoms with E-state index in [0.717, 1.165) is 6.42 Å². The number of allylic oxidation sites excluding steroid dienone is 3. The molecule has 128 valence electrons. The van der Waals surface area contributed by atoms with Gasteiger partial charge in [-0.15, -0.1) is 0 Å². The van der Waals surface area contributed by atoms with Gasteiger partial charge >= 0.3 is 5.97 Å². The van der Waals surface area contributed by atoms with Gasteiger partial charge in [0.25, 0.3) is 0 Å². The number of ether oxygens (including phenoxy) is 1. The fourth-order valence-electron chi connectivity index (χ4n) is 2.54. The first-order chi connectivity index (χ1) is 10.8. The first-order valence-electron chi connectivity index (χ1n) is 9.18. The van der Waals surface area contributed by atoms with Gasteiger partial charge in [-0.3, -0.25) is 4.79 Å². The Hall–Kier alpha value is -1.05. The fourth-order valence-corrected chi connectivity index (χ4v) is 2.54. The summed E-state index contributed by atoms with van der Waals surface area (Å²) < 4.78 is 4.91. The minimum absolute atomic E-state index is 0.159. The highest BCUT2D eigenvalue weighted by Crippen LogP contribution is 2.12. The van der Waals surface area contributed by atoms with Crippen LogP contribution in [0.15, 0.2) is 24.8 Å². The van der Waals surface area contributed by atoms with Crippen molar-refractivity contribution in [2.45, 2.75) is 90.4 Å². The Labute approximate surface area is 138 Å². The Bertz CT molecular complexity index is 281. The molecule has 0 aromatic rings. The van der Waals surface area contributed by atoms with Gasteiger partial charge < -0.3 is 4.74 Å². The number of hydrogen-bond acceptors (Lipinski definition) is 2. The molecule has 0 aromatic heterocycles. The van der Waals surface area contributed by atoms with Crippen LogP contribution in [0.2, 0.25) is 0 Å². The maximum Gasteiger partial charge on any atom is 0.302 e. The molecule has 0 amide bonds. The standard InChI is InChI=1S/C20H36O2/c1-3-4-5-6-7-8-9-10-11-12-13-14-15-16-17-18-19-22-20(2)21/h3-5H,1,6-19H2,2H3. The SMILES string of the molecule is C=CC=CCCCCCCCCCCCCCCOC(C)=O. The van der Waals surface area contributed by atoms with Gasteiger partial charge in [-0.1, -0.05) is 89.0 Å². The second-order valence-electron chi connectivity index (χ2n) is 6.04. The van der Waals surface area contributed by atoms with E-state index in [9.17, 15) is 4.79 Å². The molecule has 0 heterocycles. The molecule has 2 nitrogen and oxygen atoms in total. The number of esters is 1. The van der Waals surface area contributed by atoms with E-state index in [2.05, 4.69) is 12.7 Å².